The van der Waals surface area contributed by atoms with E-state index in [2.05, 4.69) is 0 Å². The van der Waals surface area contributed by atoms with Crippen molar-refractivity contribution in [2.75, 3.05) is 26.3 Å². The Labute approximate surface area is 243 Å². The van der Waals surface area contributed by atoms with Crippen molar-refractivity contribution in [3.05, 3.63) is 0 Å². The predicted molar refractivity (Wildman–Crippen MR) is 150 cm³/mol. The first kappa shape index (κ1) is 28.9. The zero-order valence-electron chi connectivity index (χ0n) is 24.4. The van der Waals surface area contributed by atoms with Gasteiger partial charge in [0.1, 0.15) is 11.1 Å². The molecule has 0 aromatic heterocycles. The van der Waals surface area contributed by atoms with Crippen molar-refractivity contribution in [3.8, 4) is 0 Å². The van der Waals surface area contributed by atoms with Gasteiger partial charge in [-0.1, -0.05) is 64.2 Å². The summed E-state index contributed by atoms with van der Waals surface area (Å²) in [6.45, 7) is 1.30. The zero-order chi connectivity index (χ0) is 28.8. The van der Waals surface area contributed by atoms with E-state index in [1.807, 2.05) is 0 Å². The lowest BCUT2D eigenvalue weighted by molar-refractivity contribution is -0.147. The van der Waals surface area contributed by atoms with Crippen molar-refractivity contribution in [1.29, 1.82) is 0 Å². The summed E-state index contributed by atoms with van der Waals surface area (Å²) in [5.41, 5.74) is -1.75. The van der Waals surface area contributed by atoms with Gasteiger partial charge >= 0.3 is 11.9 Å². The topological polar surface area (TPSA) is 124 Å². The Bertz CT molecular complexity index is 957. The average Bonchev–Trinajstić information content (AvgIpc) is 3.75. The normalized spacial score (nSPS) is 38.0. The minimum atomic E-state index is -0.874. The molecule has 0 bridgehead atoms. The Morgan fingerprint density at radius 2 is 1.00 bits per heavy atom. The van der Waals surface area contributed by atoms with Gasteiger partial charge in [0, 0.05) is 13.1 Å². The highest BCUT2D eigenvalue weighted by Crippen LogP contribution is 2.56. The quantitative estimate of drug-likeness (QED) is 0.295. The number of amides is 2. The highest BCUT2D eigenvalue weighted by Gasteiger charge is 2.71. The number of ether oxygens (including phenoxy) is 1. The van der Waals surface area contributed by atoms with Crippen LogP contribution in [0.25, 0.3) is 0 Å². The average molecular weight is 573 g/mol. The molecule has 6 atom stereocenters. The molecule has 2 amide bonds. The van der Waals surface area contributed by atoms with E-state index in [4.69, 9.17) is 4.74 Å². The number of carbonyl (C=O) groups is 4. The highest BCUT2D eigenvalue weighted by atomic mass is 16.5. The Balaban J connectivity index is 1.01. The van der Waals surface area contributed by atoms with Crippen LogP contribution in [0.5, 0.6) is 0 Å². The van der Waals surface area contributed by atoms with Crippen LogP contribution in [0.3, 0.4) is 0 Å². The summed E-state index contributed by atoms with van der Waals surface area (Å²) in [5.74, 6) is -1.10. The van der Waals surface area contributed by atoms with Crippen molar-refractivity contribution in [2.24, 2.45) is 35.5 Å². The Kier molecular flexibility index (Phi) is 8.11. The van der Waals surface area contributed by atoms with Crippen LogP contribution in [-0.2, 0) is 23.9 Å². The Hall–Kier alpha value is -2.16. The first-order valence-electron chi connectivity index (χ1n) is 16.5. The molecule has 2 heterocycles. The summed E-state index contributed by atoms with van der Waals surface area (Å²) in [6.07, 6.45) is 16.5. The Morgan fingerprint density at radius 3 is 1.37 bits per heavy atom. The number of hydrogen-bond acceptors (Lipinski definition) is 5. The first-order valence-corrected chi connectivity index (χ1v) is 16.5. The van der Waals surface area contributed by atoms with Gasteiger partial charge in [-0.25, -0.2) is 0 Å². The molecule has 41 heavy (non-hydrogen) atoms. The summed E-state index contributed by atoms with van der Waals surface area (Å²) in [6, 6.07) is 0. The van der Waals surface area contributed by atoms with Gasteiger partial charge in [-0.15, -0.1) is 0 Å². The summed E-state index contributed by atoms with van der Waals surface area (Å²) in [5, 5.41) is 19.9. The van der Waals surface area contributed by atoms with Crippen molar-refractivity contribution in [2.45, 2.75) is 114 Å². The second kappa shape index (κ2) is 11.5. The monoisotopic (exact) mass is 572 g/mol. The maximum absolute atomic E-state index is 13.1. The third kappa shape index (κ3) is 5.08. The van der Waals surface area contributed by atoms with Crippen LogP contribution < -0.4 is 0 Å². The SMILES string of the molecule is O=C(O)C1CCC(C2CCCCC2)CC12C(=O)N2CCOCCN1C(=O)C12CC(C1CCCCC1)CCC2C(=O)O. The van der Waals surface area contributed by atoms with E-state index in [0.29, 0.717) is 62.4 Å². The van der Waals surface area contributed by atoms with Gasteiger partial charge in [-0.2, -0.15) is 0 Å². The van der Waals surface area contributed by atoms with E-state index < -0.39 is 34.9 Å². The van der Waals surface area contributed by atoms with Crippen LogP contribution >= 0.6 is 0 Å². The van der Waals surface area contributed by atoms with Gasteiger partial charge in [0.05, 0.1) is 25.0 Å². The summed E-state index contributed by atoms with van der Waals surface area (Å²) >= 11 is 0. The molecule has 2 N–H and O–H groups in total. The van der Waals surface area contributed by atoms with Crippen molar-refractivity contribution in [3.63, 3.8) is 0 Å². The fourth-order valence-corrected chi connectivity index (χ4v) is 9.93. The zero-order valence-corrected chi connectivity index (χ0v) is 24.4. The molecule has 228 valence electrons. The predicted octanol–water partition coefficient (Wildman–Crippen LogP) is 4.33. The van der Waals surface area contributed by atoms with E-state index in [-0.39, 0.29) is 25.0 Å². The minimum absolute atomic E-state index is 0.0469. The van der Waals surface area contributed by atoms with E-state index in [0.717, 1.165) is 12.8 Å². The lowest BCUT2D eigenvalue weighted by Crippen LogP contribution is -2.44. The van der Waals surface area contributed by atoms with E-state index in [1.165, 1.54) is 64.2 Å². The van der Waals surface area contributed by atoms with Gasteiger partial charge in [0.25, 0.3) is 0 Å². The molecule has 0 aromatic carbocycles. The van der Waals surface area contributed by atoms with Crippen LogP contribution in [0.4, 0.5) is 0 Å². The van der Waals surface area contributed by atoms with Crippen molar-refractivity contribution >= 4 is 23.8 Å². The number of nitrogens with zero attached hydrogens (tertiary/aromatic N) is 2. The van der Waals surface area contributed by atoms with Gasteiger partial charge in [-0.05, 0) is 62.2 Å². The molecule has 4 aliphatic carbocycles. The molecule has 6 aliphatic rings. The summed E-state index contributed by atoms with van der Waals surface area (Å²) < 4.78 is 5.90. The fourth-order valence-electron chi connectivity index (χ4n) is 9.93. The first-order chi connectivity index (χ1) is 19.8. The molecular formula is C32H48N2O7. The van der Waals surface area contributed by atoms with Gasteiger partial charge in [0.2, 0.25) is 11.8 Å². The third-order valence-corrected chi connectivity index (χ3v) is 12.2. The molecule has 2 aliphatic heterocycles. The Morgan fingerprint density at radius 1 is 0.610 bits per heavy atom. The van der Waals surface area contributed by atoms with Crippen LogP contribution in [-0.4, -0.2) is 81.1 Å². The van der Waals surface area contributed by atoms with Crippen LogP contribution in [0.2, 0.25) is 0 Å². The molecule has 9 heteroatoms. The number of aliphatic carboxylic acids is 2. The molecule has 2 saturated heterocycles. The van der Waals surface area contributed by atoms with Crippen LogP contribution in [0, 0.1) is 35.5 Å². The fraction of sp³-hybridized carbons (Fsp3) is 0.875. The van der Waals surface area contributed by atoms with Crippen LogP contribution in [0.15, 0.2) is 0 Å². The van der Waals surface area contributed by atoms with Gasteiger partial charge < -0.3 is 24.7 Å². The largest absolute Gasteiger partial charge is 0.481 e. The van der Waals surface area contributed by atoms with Crippen LogP contribution in [0.1, 0.15) is 103 Å². The van der Waals surface area contributed by atoms with E-state index in [1.54, 1.807) is 9.80 Å². The molecule has 0 radical (unpaired) electrons. The van der Waals surface area contributed by atoms with Crippen molar-refractivity contribution < 1.29 is 34.1 Å². The third-order valence-electron chi connectivity index (χ3n) is 12.2. The second-order valence-corrected chi connectivity index (χ2v) is 14.0. The molecule has 9 nitrogen and oxygen atoms in total. The number of carboxylic acid groups (broad SMARTS) is 2. The van der Waals surface area contributed by atoms with E-state index >= 15 is 0 Å². The maximum atomic E-state index is 13.1. The maximum Gasteiger partial charge on any atom is 0.309 e. The number of carbonyl (C=O) groups excluding carboxylic acids is 2. The molecule has 6 rings (SSSR count). The summed E-state index contributed by atoms with van der Waals surface area (Å²) in [7, 11) is 0. The number of carboxylic acids is 2. The molecular weight excluding hydrogens is 524 g/mol. The smallest absolute Gasteiger partial charge is 0.309 e. The minimum Gasteiger partial charge on any atom is -0.481 e. The number of hydrogen-bond donors (Lipinski definition) is 2. The molecule has 4 saturated carbocycles. The second-order valence-electron chi connectivity index (χ2n) is 14.0. The highest BCUT2D eigenvalue weighted by molar-refractivity contribution is 6.06. The standard InChI is InChI=1S/C32H48N2O7/c35-27(36)25-13-11-23(21-7-3-1-4-8-21)19-31(25)29(39)33(31)15-17-41-18-16-34-30(40)32(34)20-24(12-14-26(32)28(37)38)22-9-5-2-6-10-22/h21-26H,1-20H2,(H,35,36)(H,37,38). The molecule has 0 aromatic rings. The van der Waals surface area contributed by atoms with Crippen molar-refractivity contribution in [1.82, 2.24) is 9.80 Å². The lowest BCUT2D eigenvalue weighted by atomic mass is 9.66. The molecule has 6 fully saturated rings. The van der Waals surface area contributed by atoms with E-state index in [9.17, 15) is 29.4 Å². The summed E-state index contributed by atoms with van der Waals surface area (Å²) in [4.78, 5) is 54.0. The van der Waals surface area contributed by atoms with Gasteiger partial charge in [0.15, 0.2) is 0 Å². The number of rotatable bonds is 10. The molecule has 2 spiro atoms. The van der Waals surface area contributed by atoms with Gasteiger partial charge in [-0.3, -0.25) is 19.2 Å². The lowest BCUT2D eigenvalue weighted by Gasteiger charge is -2.38. The molecule has 6 unspecified atom stereocenters.